The van der Waals surface area contributed by atoms with Crippen molar-refractivity contribution in [2.45, 2.75) is 51.7 Å². The summed E-state index contributed by atoms with van der Waals surface area (Å²) in [4.78, 5) is 28.9. The molecular formula is C23H30N2O3. The summed E-state index contributed by atoms with van der Waals surface area (Å²) in [6.07, 6.45) is 8.19. The van der Waals surface area contributed by atoms with Crippen LogP contribution in [0.2, 0.25) is 0 Å². The maximum absolute atomic E-state index is 12.8. The molecule has 0 aromatic heterocycles. The van der Waals surface area contributed by atoms with Gasteiger partial charge in [-0.05, 0) is 43.0 Å². The Hall–Kier alpha value is -2.30. The molecule has 0 radical (unpaired) electrons. The topological polar surface area (TPSA) is 49.9 Å². The van der Waals surface area contributed by atoms with Gasteiger partial charge in [0.1, 0.15) is 11.9 Å². The molecule has 28 heavy (non-hydrogen) atoms. The van der Waals surface area contributed by atoms with Crippen LogP contribution in [-0.2, 0) is 4.79 Å². The van der Waals surface area contributed by atoms with Crippen LogP contribution in [0.3, 0.4) is 0 Å². The SMILES string of the molecule is CC(C)[C@H]1C=CCN1C(=O)c1ccc(OC2CCN(C(=O)C3CC3)CC2)cc1. The van der Waals surface area contributed by atoms with Gasteiger partial charge in [0, 0.05) is 44.0 Å². The smallest absolute Gasteiger partial charge is 0.254 e. The first-order valence-corrected chi connectivity index (χ1v) is 10.6. The Kier molecular flexibility index (Phi) is 5.42. The van der Waals surface area contributed by atoms with E-state index in [1.807, 2.05) is 34.1 Å². The fraction of sp³-hybridized carbons (Fsp3) is 0.565. The lowest BCUT2D eigenvalue weighted by atomic mass is 10.0. The predicted octanol–water partition coefficient (Wildman–Crippen LogP) is 3.50. The van der Waals surface area contributed by atoms with Crippen LogP contribution in [0.15, 0.2) is 36.4 Å². The van der Waals surface area contributed by atoms with Crippen molar-refractivity contribution in [3.8, 4) is 5.75 Å². The van der Waals surface area contributed by atoms with Crippen LogP contribution in [0.1, 0.15) is 49.9 Å². The number of nitrogens with zero attached hydrogens (tertiary/aromatic N) is 2. The van der Waals surface area contributed by atoms with Gasteiger partial charge in [0.15, 0.2) is 0 Å². The minimum atomic E-state index is 0.0714. The van der Waals surface area contributed by atoms with Crippen LogP contribution in [-0.4, -0.2) is 53.4 Å². The summed E-state index contributed by atoms with van der Waals surface area (Å²) in [7, 11) is 0. The second-order valence-corrected chi connectivity index (χ2v) is 8.56. The highest BCUT2D eigenvalue weighted by molar-refractivity contribution is 5.95. The maximum atomic E-state index is 12.8. The Bertz CT molecular complexity index is 744. The summed E-state index contributed by atoms with van der Waals surface area (Å²) in [6, 6.07) is 7.68. The molecule has 2 amide bonds. The summed E-state index contributed by atoms with van der Waals surface area (Å²) in [6.45, 7) is 6.53. The van der Waals surface area contributed by atoms with Crippen molar-refractivity contribution in [2.24, 2.45) is 11.8 Å². The van der Waals surface area contributed by atoms with Gasteiger partial charge < -0.3 is 14.5 Å². The summed E-state index contributed by atoms with van der Waals surface area (Å²) in [5.74, 6) is 1.90. The maximum Gasteiger partial charge on any atom is 0.254 e. The molecule has 1 aliphatic carbocycles. The quantitative estimate of drug-likeness (QED) is 0.733. The molecule has 1 saturated heterocycles. The normalized spacial score (nSPS) is 22.8. The van der Waals surface area contributed by atoms with E-state index in [9.17, 15) is 9.59 Å². The molecule has 4 rings (SSSR count). The third kappa shape index (κ3) is 4.08. The molecule has 1 aromatic rings. The molecule has 0 bridgehead atoms. The van der Waals surface area contributed by atoms with Crippen molar-refractivity contribution in [3.63, 3.8) is 0 Å². The predicted molar refractivity (Wildman–Crippen MR) is 108 cm³/mol. The lowest BCUT2D eigenvalue weighted by Crippen LogP contribution is -2.42. The molecule has 1 atom stereocenters. The highest BCUT2D eigenvalue weighted by Crippen LogP contribution is 2.32. The van der Waals surface area contributed by atoms with Crippen molar-refractivity contribution < 1.29 is 14.3 Å². The Morgan fingerprint density at radius 3 is 2.32 bits per heavy atom. The Labute approximate surface area is 167 Å². The number of likely N-dealkylation sites (tertiary alicyclic amines) is 1. The van der Waals surface area contributed by atoms with Crippen LogP contribution < -0.4 is 4.74 Å². The second kappa shape index (κ2) is 7.98. The molecule has 150 valence electrons. The van der Waals surface area contributed by atoms with E-state index in [0.717, 1.165) is 44.5 Å². The van der Waals surface area contributed by atoms with Gasteiger partial charge in [-0.3, -0.25) is 9.59 Å². The number of rotatable bonds is 5. The van der Waals surface area contributed by atoms with E-state index in [0.29, 0.717) is 29.9 Å². The van der Waals surface area contributed by atoms with E-state index < -0.39 is 0 Å². The first kappa shape index (κ1) is 19.0. The molecule has 0 unspecified atom stereocenters. The van der Waals surface area contributed by atoms with Gasteiger partial charge in [-0.1, -0.05) is 26.0 Å². The van der Waals surface area contributed by atoms with Crippen molar-refractivity contribution in [3.05, 3.63) is 42.0 Å². The van der Waals surface area contributed by atoms with Crippen LogP contribution in [0.25, 0.3) is 0 Å². The summed E-state index contributed by atoms with van der Waals surface area (Å²) >= 11 is 0. The van der Waals surface area contributed by atoms with E-state index in [2.05, 4.69) is 26.0 Å². The molecule has 0 N–H and O–H groups in total. The van der Waals surface area contributed by atoms with Crippen molar-refractivity contribution in [1.29, 1.82) is 0 Å². The van der Waals surface area contributed by atoms with Gasteiger partial charge in [-0.2, -0.15) is 0 Å². The first-order valence-electron chi connectivity index (χ1n) is 10.6. The van der Waals surface area contributed by atoms with E-state index >= 15 is 0 Å². The van der Waals surface area contributed by atoms with Crippen molar-refractivity contribution in [1.82, 2.24) is 9.80 Å². The molecule has 5 heteroatoms. The van der Waals surface area contributed by atoms with E-state index in [1.54, 1.807) is 0 Å². The van der Waals surface area contributed by atoms with Crippen LogP contribution in [0.4, 0.5) is 0 Å². The standard InChI is InChI=1S/C23H30N2O3/c1-16(2)21-4-3-13-25(21)23(27)18-7-9-19(10-8-18)28-20-11-14-24(15-12-20)22(26)17-5-6-17/h3-4,7-10,16-17,20-21H,5-6,11-15H2,1-2H3/t21-/m1/s1. The monoisotopic (exact) mass is 382 g/mol. The van der Waals surface area contributed by atoms with Gasteiger partial charge in [-0.25, -0.2) is 0 Å². The zero-order chi connectivity index (χ0) is 19.7. The molecule has 3 aliphatic rings. The number of ether oxygens (including phenoxy) is 1. The fourth-order valence-electron chi connectivity index (χ4n) is 4.16. The zero-order valence-corrected chi connectivity index (χ0v) is 16.8. The number of benzene rings is 1. The average Bonchev–Trinajstić information content (AvgIpc) is 3.44. The minimum Gasteiger partial charge on any atom is -0.490 e. The molecule has 1 saturated carbocycles. The molecule has 0 spiro atoms. The third-order valence-electron chi connectivity index (χ3n) is 6.02. The average molecular weight is 383 g/mol. The Morgan fingerprint density at radius 1 is 1.04 bits per heavy atom. The number of amides is 2. The fourth-order valence-corrected chi connectivity index (χ4v) is 4.16. The van der Waals surface area contributed by atoms with Crippen molar-refractivity contribution >= 4 is 11.8 Å². The molecule has 1 aromatic carbocycles. The van der Waals surface area contributed by atoms with Crippen LogP contribution in [0.5, 0.6) is 5.75 Å². The Balaban J connectivity index is 1.30. The number of carbonyl (C=O) groups excluding carboxylic acids is 2. The second-order valence-electron chi connectivity index (χ2n) is 8.56. The van der Waals surface area contributed by atoms with Crippen molar-refractivity contribution in [2.75, 3.05) is 19.6 Å². The lowest BCUT2D eigenvalue weighted by molar-refractivity contribution is -0.134. The van der Waals surface area contributed by atoms with Gasteiger partial charge in [-0.15, -0.1) is 0 Å². The van der Waals surface area contributed by atoms with Gasteiger partial charge in [0.05, 0.1) is 6.04 Å². The van der Waals surface area contributed by atoms with E-state index in [1.165, 1.54) is 0 Å². The molecule has 2 heterocycles. The number of hydrogen-bond acceptors (Lipinski definition) is 3. The third-order valence-corrected chi connectivity index (χ3v) is 6.02. The summed E-state index contributed by atoms with van der Waals surface area (Å²) < 4.78 is 6.10. The van der Waals surface area contributed by atoms with Gasteiger partial charge in [0.2, 0.25) is 5.91 Å². The largest absolute Gasteiger partial charge is 0.490 e. The van der Waals surface area contributed by atoms with E-state index in [4.69, 9.17) is 4.74 Å². The number of piperidine rings is 1. The molecular weight excluding hydrogens is 352 g/mol. The van der Waals surface area contributed by atoms with Crippen LogP contribution in [0, 0.1) is 11.8 Å². The molecule has 2 fully saturated rings. The summed E-state index contributed by atoms with van der Waals surface area (Å²) in [5.41, 5.74) is 0.701. The number of carbonyl (C=O) groups is 2. The lowest BCUT2D eigenvalue weighted by Gasteiger charge is -2.32. The zero-order valence-electron chi connectivity index (χ0n) is 16.8. The number of hydrogen-bond donors (Lipinski definition) is 0. The van der Waals surface area contributed by atoms with E-state index in [-0.39, 0.29) is 18.1 Å². The first-order chi connectivity index (χ1) is 13.5. The minimum absolute atomic E-state index is 0.0714. The Morgan fingerprint density at radius 2 is 1.71 bits per heavy atom. The molecule has 2 aliphatic heterocycles. The summed E-state index contributed by atoms with van der Waals surface area (Å²) in [5, 5.41) is 0. The van der Waals surface area contributed by atoms with Gasteiger partial charge >= 0.3 is 0 Å². The molecule has 5 nitrogen and oxygen atoms in total. The highest BCUT2D eigenvalue weighted by atomic mass is 16.5. The van der Waals surface area contributed by atoms with Gasteiger partial charge in [0.25, 0.3) is 5.91 Å². The van der Waals surface area contributed by atoms with Crippen LogP contribution >= 0.6 is 0 Å². The highest BCUT2D eigenvalue weighted by Gasteiger charge is 2.35.